The molecule has 1 aromatic rings. The molecule has 16 heavy (non-hydrogen) atoms. The zero-order valence-corrected chi connectivity index (χ0v) is 8.51. The first kappa shape index (κ1) is 12.8. The number of benzene rings is 1. The number of hydrogen-bond acceptors (Lipinski definition) is 2. The lowest BCUT2D eigenvalue weighted by molar-refractivity contribution is -0.140. The number of halogens is 4. The molecule has 0 aliphatic carbocycles. The van der Waals surface area contributed by atoms with Crippen LogP contribution in [-0.4, -0.2) is 11.1 Å². The Balaban J connectivity index is 3.23. The van der Waals surface area contributed by atoms with Gasteiger partial charge >= 0.3 is 12.1 Å². The van der Waals surface area contributed by atoms with Gasteiger partial charge in [-0.2, -0.15) is 13.2 Å². The van der Waals surface area contributed by atoms with E-state index in [0.29, 0.717) is 12.1 Å². The van der Waals surface area contributed by atoms with Gasteiger partial charge in [0, 0.05) is 5.02 Å². The van der Waals surface area contributed by atoms with E-state index in [1.807, 2.05) is 0 Å². The number of alkyl halides is 3. The summed E-state index contributed by atoms with van der Waals surface area (Å²) in [7, 11) is 0. The third-order valence-electron chi connectivity index (χ3n) is 1.87. The van der Waals surface area contributed by atoms with Gasteiger partial charge < -0.3 is 10.8 Å². The van der Waals surface area contributed by atoms with Crippen LogP contribution in [0.2, 0.25) is 5.02 Å². The van der Waals surface area contributed by atoms with E-state index in [1.54, 1.807) is 0 Å². The number of carbonyl (C=O) groups is 1. The Hall–Kier alpha value is -1.27. The molecule has 0 aliphatic rings. The molecule has 0 amide bonds. The highest BCUT2D eigenvalue weighted by Gasteiger charge is 2.32. The molecular formula is C9H7ClF3NO2. The molecule has 0 aromatic heterocycles. The summed E-state index contributed by atoms with van der Waals surface area (Å²) in [6.07, 6.45) is -4.59. The van der Waals surface area contributed by atoms with Gasteiger partial charge in [0.15, 0.2) is 0 Å². The SMILES string of the molecule is N[C@@H](C(=O)O)c1cc(Cl)cc(C(F)(F)F)c1. The zero-order chi connectivity index (χ0) is 12.5. The van der Waals surface area contributed by atoms with E-state index in [1.165, 1.54) is 0 Å². The highest BCUT2D eigenvalue weighted by Crippen LogP contribution is 2.32. The zero-order valence-electron chi connectivity index (χ0n) is 7.75. The van der Waals surface area contributed by atoms with Crippen LogP contribution in [0.5, 0.6) is 0 Å². The van der Waals surface area contributed by atoms with Crippen molar-refractivity contribution in [3.8, 4) is 0 Å². The molecule has 0 aliphatic heterocycles. The van der Waals surface area contributed by atoms with Crippen LogP contribution in [0, 0.1) is 0 Å². The topological polar surface area (TPSA) is 63.3 Å². The van der Waals surface area contributed by atoms with E-state index in [-0.39, 0.29) is 10.6 Å². The maximum atomic E-state index is 12.4. The Morgan fingerprint density at radius 2 is 1.94 bits per heavy atom. The number of hydrogen-bond donors (Lipinski definition) is 2. The van der Waals surface area contributed by atoms with Crippen LogP contribution < -0.4 is 5.73 Å². The summed E-state index contributed by atoms with van der Waals surface area (Å²) in [6.45, 7) is 0. The number of rotatable bonds is 2. The maximum absolute atomic E-state index is 12.4. The summed E-state index contributed by atoms with van der Waals surface area (Å²) in [6, 6.07) is 0.944. The maximum Gasteiger partial charge on any atom is 0.416 e. The quantitative estimate of drug-likeness (QED) is 0.851. The first-order valence-electron chi connectivity index (χ1n) is 4.08. The molecule has 1 aromatic carbocycles. The first-order chi connectivity index (χ1) is 7.21. The minimum Gasteiger partial charge on any atom is -0.480 e. The van der Waals surface area contributed by atoms with Crippen LogP contribution in [0.25, 0.3) is 0 Å². The number of carboxylic acids is 1. The van der Waals surface area contributed by atoms with Crippen molar-refractivity contribution < 1.29 is 23.1 Å². The molecule has 0 spiro atoms. The van der Waals surface area contributed by atoms with Crippen molar-refractivity contribution in [2.24, 2.45) is 5.73 Å². The van der Waals surface area contributed by atoms with Gasteiger partial charge in [-0.05, 0) is 23.8 Å². The van der Waals surface area contributed by atoms with E-state index < -0.39 is 23.8 Å². The molecule has 88 valence electrons. The second-order valence-electron chi connectivity index (χ2n) is 3.09. The number of carboxylic acid groups (broad SMARTS) is 1. The van der Waals surface area contributed by atoms with E-state index in [0.717, 1.165) is 6.07 Å². The van der Waals surface area contributed by atoms with Crippen LogP contribution >= 0.6 is 11.6 Å². The second kappa shape index (κ2) is 4.31. The second-order valence-corrected chi connectivity index (χ2v) is 3.52. The molecule has 3 N–H and O–H groups in total. The molecule has 0 bridgehead atoms. The molecule has 3 nitrogen and oxygen atoms in total. The van der Waals surface area contributed by atoms with E-state index in [9.17, 15) is 18.0 Å². The Bertz CT molecular complexity index is 420. The standard InChI is InChI=1S/C9H7ClF3NO2/c10-6-2-4(7(14)8(15)16)1-5(3-6)9(11,12)13/h1-3,7H,14H2,(H,15,16)/t7-/m1/s1. The fraction of sp³-hybridized carbons (Fsp3) is 0.222. The smallest absolute Gasteiger partial charge is 0.416 e. The fourth-order valence-electron chi connectivity index (χ4n) is 1.10. The Morgan fingerprint density at radius 1 is 1.38 bits per heavy atom. The van der Waals surface area contributed by atoms with Crippen molar-refractivity contribution in [2.75, 3.05) is 0 Å². The molecule has 0 heterocycles. The van der Waals surface area contributed by atoms with Gasteiger partial charge in [-0.25, -0.2) is 0 Å². The Morgan fingerprint density at radius 3 is 2.38 bits per heavy atom. The lowest BCUT2D eigenvalue weighted by Crippen LogP contribution is -2.21. The van der Waals surface area contributed by atoms with Crippen molar-refractivity contribution in [1.29, 1.82) is 0 Å². The monoisotopic (exact) mass is 253 g/mol. The van der Waals surface area contributed by atoms with E-state index in [4.69, 9.17) is 22.4 Å². The van der Waals surface area contributed by atoms with Crippen LogP contribution in [0.4, 0.5) is 13.2 Å². The summed E-state index contributed by atoms with van der Waals surface area (Å²) >= 11 is 5.46. The van der Waals surface area contributed by atoms with Gasteiger partial charge in [-0.3, -0.25) is 4.79 Å². The van der Waals surface area contributed by atoms with Gasteiger partial charge in [0.05, 0.1) is 5.56 Å². The van der Waals surface area contributed by atoms with Crippen LogP contribution in [-0.2, 0) is 11.0 Å². The third-order valence-corrected chi connectivity index (χ3v) is 2.09. The largest absolute Gasteiger partial charge is 0.480 e. The molecule has 0 radical (unpaired) electrons. The molecule has 1 atom stereocenters. The van der Waals surface area contributed by atoms with Crippen molar-refractivity contribution >= 4 is 17.6 Å². The van der Waals surface area contributed by atoms with Gasteiger partial charge in [0.25, 0.3) is 0 Å². The van der Waals surface area contributed by atoms with Gasteiger partial charge in [-0.1, -0.05) is 11.6 Å². The van der Waals surface area contributed by atoms with Crippen molar-refractivity contribution in [1.82, 2.24) is 0 Å². The predicted molar refractivity (Wildman–Crippen MR) is 51.0 cm³/mol. The third kappa shape index (κ3) is 2.86. The predicted octanol–water partition coefficient (Wildman–Crippen LogP) is 2.44. The summed E-state index contributed by atoms with van der Waals surface area (Å²) in [5.41, 5.74) is 3.98. The molecule has 0 saturated carbocycles. The van der Waals surface area contributed by atoms with Gasteiger partial charge in [0.1, 0.15) is 6.04 Å². The minimum absolute atomic E-state index is 0.188. The van der Waals surface area contributed by atoms with Gasteiger partial charge in [-0.15, -0.1) is 0 Å². The van der Waals surface area contributed by atoms with Crippen LogP contribution in [0.3, 0.4) is 0 Å². The fourth-order valence-corrected chi connectivity index (χ4v) is 1.34. The van der Waals surface area contributed by atoms with Gasteiger partial charge in [0.2, 0.25) is 0 Å². The first-order valence-corrected chi connectivity index (χ1v) is 4.45. The average molecular weight is 254 g/mol. The minimum atomic E-state index is -4.59. The number of nitrogens with two attached hydrogens (primary N) is 1. The van der Waals surface area contributed by atoms with E-state index >= 15 is 0 Å². The van der Waals surface area contributed by atoms with Crippen molar-refractivity contribution in [3.05, 3.63) is 34.3 Å². The summed E-state index contributed by atoms with van der Waals surface area (Å²) in [5, 5.41) is 8.36. The molecule has 0 fully saturated rings. The number of aliphatic carboxylic acids is 1. The lowest BCUT2D eigenvalue weighted by Gasteiger charge is -2.12. The molecule has 1 rings (SSSR count). The average Bonchev–Trinajstić information content (AvgIpc) is 2.14. The molecule has 0 unspecified atom stereocenters. The van der Waals surface area contributed by atoms with Crippen molar-refractivity contribution in [2.45, 2.75) is 12.2 Å². The highest BCUT2D eigenvalue weighted by molar-refractivity contribution is 6.30. The lowest BCUT2D eigenvalue weighted by atomic mass is 10.0. The summed E-state index contributed by atoms with van der Waals surface area (Å²) in [4.78, 5) is 10.5. The van der Waals surface area contributed by atoms with Crippen LogP contribution in [0.1, 0.15) is 17.2 Å². The van der Waals surface area contributed by atoms with Crippen LogP contribution in [0.15, 0.2) is 18.2 Å². The summed E-state index contributed by atoms with van der Waals surface area (Å²) < 4.78 is 37.1. The van der Waals surface area contributed by atoms with Crippen molar-refractivity contribution in [3.63, 3.8) is 0 Å². The Labute approximate surface area is 93.6 Å². The summed E-state index contributed by atoms with van der Waals surface area (Å²) in [5.74, 6) is -1.42. The van der Waals surface area contributed by atoms with E-state index in [2.05, 4.69) is 0 Å². The molecule has 7 heteroatoms. The highest BCUT2D eigenvalue weighted by atomic mass is 35.5. The molecular weight excluding hydrogens is 247 g/mol. The normalized spacial score (nSPS) is 13.6. The molecule has 0 saturated heterocycles. The Kier molecular flexibility index (Phi) is 3.44.